The van der Waals surface area contributed by atoms with Crippen molar-refractivity contribution in [3.8, 4) is 11.5 Å². The van der Waals surface area contributed by atoms with Crippen LogP contribution in [0.25, 0.3) is 0 Å². The number of nitrogens with zero attached hydrogens (tertiary/aromatic N) is 6. The molecule has 3 N–H and O–H groups in total. The van der Waals surface area contributed by atoms with Gasteiger partial charge in [-0.15, -0.1) is 0 Å². The van der Waals surface area contributed by atoms with Gasteiger partial charge in [-0.2, -0.15) is 17.6 Å². The zero-order chi connectivity index (χ0) is 60.8. The summed E-state index contributed by atoms with van der Waals surface area (Å²) in [5.74, 6) is -4.30. The van der Waals surface area contributed by atoms with Crippen LogP contribution in [0.5, 0.6) is 11.5 Å². The predicted molar refractivity (Wildman–Crippen MR) is 296 cm³/mol. The van der Waals surface area contributed by atoms with Gasteiger partial charge in [-0.1, -0.05) is 30.3 Å². The number of hydrogen-bond donors (Lipinski definition) is 2. The monoisotopic (exact) mass is 1150 g/mol. The molecule has 4 aliphatic heterocycles. The average Bonchev–Trinajstić information content (AvgIpc) is 3.59. The third kappa shape index (κ3) is 15.6. The number of nitrogens with one attached hydrogen (secondary N) is 1. The fourth-order valence-electron chi connectivity index (χ4n) is 10.2. The maximum atomic E-state index is 14.7. The first-order valence-corrected chi connectivity index (χ1v) is 27.6. The van der Waals surface area contributed by atoms with E-state index in [2.05, 4.69) is 10.1 Å². The molecule has 20 nitrogen and oxygen atoms in total. The summed E-state index contributed by atoms with van der Waals surface area (Å²) in [4.78, 5) is 99.1. The van der Waals surface area contributed by atoms with Crippen LogP contribution >= 0.6 is 0 Å². The minimum absolute atomic E-state index is 0.0116. The summed E-state index contributed by atoms with van der Waals surface area (Å²) in [6.45, 7) is 22.4. The van der Waals surface area contributed by atoms with Crippen molar-refractivity contribution in [2.24, 2.45) is 5.73 Å². The Balaban J connectivity index is 0.000000272. The number of aryl methyl sites for hydroxylation is 2. The van der Waals surface area contributed by atoms with Crippen LogP contribution in [-0.2, 0) is 30.4 Å². The van der Waals surface area contributed by atoms with Gasteiger partial charge in [0.1, 0.15) is 17.8 Å². The van der Waals surface area contributed by atoms with E-state index < -0.39 is 53.5 Å². The molecule has 450 valence electrons. The molecule has 7 amide bonds. The van der Waals surface area contributed by atoms with Gasteiger partial charge in [-0.25, -0.2) is 14.4 Å². The lowest BCUT2D eigenvalue weighted by Crippen LogP contribution is -2.55. The van der Waals surface area contributed by atoms with Crippen LogP contribution in [0.1, 0.15) is 132 Å². The van der Waals surface area contributed by atoms with Gasteiger partial charge in [0.2, 0.25) is 0 Å². The molecule has 2 saturated heterocycles. The van der Waals surface area contributed by atoms with Gasteiger partial charge in [-0.05, 0) is 150 Å². The van der Waals surface area contributed by atoms with E-state index in [0.717, 1.165) is 15.4 Å². The lowest BCUT2D eigenvalue weighted by atomic mass is 9.98. The molecule has 0 radical (unpaired) electrons. The molecule has 3 aromatic rings. The van der Waals surface area contributed by atoms with Crippen molar-refractivity contribution in [1.29, 1.82) is 0 Å². The minimum atomic E-state index is -4.14. The Morgan fingerprint density at radius 1 is 0.683 bits per heavy atom. The number of carbonyl (C=O) groups excluding carboxylic acids is 7. The number of alkyl carbamates (subject to hydrolysis) is 1. The molecule has 2 fully saturated rings. The van der Waals surface area contributed by atoms with Crippen molar-refractivity contribution in [3.05, 3.63) is 82.4 Å². The fourth-order valence-corrected chi connectivity index (χ4v) is 10.2. The van der Waals surface area contributed by atoms with Gasteiger partial charge in [0.15, 0.2) is 11.5 Å². The van der Waals surface area contributed by atoms with Crippen LogP contribution in [0.15, 0.2) is 54.6 Å². The Labute approximate surface area is 476 Å². The van der Waals surface area contributed by atoms with Crippen LogP contribution in [0.3, 0.4) is 0 Å². The molecule has 7 rings (SSSR count). The first-order valence-electron chi connectivity index (χ1n) is 27.6. The molecule has 82 heavy (non-hydrogen) atoms. The molecular formula is C58H78F4N8O12. The van der Waals surface area contributed by atoms with E-state index in [1.807, 2.05) is 33.8 Å². The zero-order valence-electron chi connectivity index (χ0n) is 48.9. The van der Waals surface area contributed by atoms with Gasteiger partial charge in [0.05, 0.1) is 23.5 Å². The van der Waals surface area contributed by atoms with E-state index in [0.29, 0.717) is 56.4 Å². The normalized spacial score (nSPS) is 18.5. The van der Waals surface area contributed by atoms with Crippen LogP contribution in [0.4, 0.5) is 43.3 Å². The molecule has 0 aliphatic carbocycles. The first-order chi connectivity index (χ1) is 38.2. The molecule has 4 heterocycles. The zero-order valence-corrected chi connectivity index (χ0v) is 48.9. The van der Waals surface area contributed by atoms with Gasteiger partial charge < -0.3 is 54.3 Å². The number of likely N-dealkylation sites (tertiary alicyclic amines) is 2. The van der Waals surface area contributed by atoms with Crippen LogP contribution < -0.4 is 30.3 Å². The second-order valence-electron chi connectivity index (χ2n) is 23.3. The van der Waals surface area contributed by atoms with Crippen molar-refractivity contribution in [2.75, 3.05) is 62.2 Å². The number of fused-ring (bicyclic) bond motifs is 2. The molecule has 0 aromatic heterocycles. The number of anilines is 2. The third-order valence-corrected chi connectivity index (χ3v) is 13.8. The largest absolute Gasteiger partial charge is 0.482 e. The number of piperidine rings is 2. The van der Waals surface area contributed by atoms with Crippen molar-refractivity contribution in [3.63, 3.8) is 0 Å². The molecule has 24 heteroatoms. The Bertz CT molecular complexity index is 2840. The number of hydrogen-bond acceptors (Lipinski definition) is 13. The number of benzene rings is 3. The van der Waals surface area contributed by atoms with Gasteiger partial charge in [0.25, 0.3) is 11.8 Å². The molecule has 0 unspecified atom stereocenters. The number of halogens is 4. The highest BCUT2D eigenvalue weighted by atomic mass is 19.3. The summed E-state index contributed by atoms with van der Waals surface area (Å²) in [6, 6.07) is 13.4. The molecular weight excluding hydrogens is 1080 g/mol. The summed E-state index contributed by atoms with van der Waals surface area (Å²) in [5, 5.41) is 2.47. The van der Waals surface area contributed by atoms with E-state index in [1.165, 1.54) is 24.3 Å². The number of alkyl halides is 4. The Kier molecular flexibility index (Phi) is 20.1. The predicted octanol–water partition coefficient (Wildman–Crippen LogP) is 9.01. The second kappa shape index (κ2) is 25.8. The highest BCUT2D eigenvalue weighted by Gasteiger charge is 2.52. The quantitative estimate of drug-likeness (QED) is 0.121. The van der Waals surface area contributed by atoms with Gasteiger partial charge in [-0.3, -0.25) is 29.0 Å². The van der Waals surface area contributed by atoms with Crippen LogP contribution in [0, 0.1) is 13.8 Å². The second-order valence-corrected chi connectivity index (χ2v) is 23.3. The number of carbonyl (C=O) groups is 7. The number of ether oxygens (including phenoxy) is 5. The molecule has 4 aliphatic rings. The summed E-state index contributed by atoms with van der Waals surface area (Å²) < 4.78 is 83.3. The minimum Gasteiger partial charge on any atom is -0.445 e. The molecule has 3 aromatic carbocycles. The van der Waals surface area contributed by atoms with E-state index in [-0.39, 0.29) is 109 Å². The highest BCUT2D eigenvalue weighted by molar-refractivity contribution is 6.05. The number of amides is 7. The van der Waals surface area contributed by atoms with Crippen molar-refractivity contribution < 1.29 is 74.8 Å². The molecule has 0 bridgehead atoms. The van der Waals surface area contributed by atoms with Crippen molar-refractivity contribution >= 4 is 53.3 Å². The number of nitrogens with two attached hydrogens (primary N) is 1. The Morgan fingerprint density at radius 3 is 1.49 bits per heavy atom. The summed E-state index contributed by atoms with van der Waals surface area (Å²) in [7, 11) is 0. The third-order valence-electron chi connectivity index (χ3n) is 13.8. The van der Waals surface area contributed by atoms with Crippen LogP contribution in [0.2, 0.25) is 0 Å². The number of rotatable bonds is 13. The Hall–Kier alpha value is -7.37. The van der Waals surface area contributed by atoms with E-state index in [9.17, 15) is 51.1 Å². The van der Waals surface area contributed by atoms with E-state index in [1.54, 1.807) is 99.3 Å². The average molecular weight is 1160 g/mol. The van der Waals surface area contributed by atoms with Gasteiger partial charge in [0, 0.05) is 75.6 Å². The lowest BCUT2D eigenvalue weighted by molar-refractivity contribution is -0.192. The maximum absolute atomic E-state index is 14.7. The molecule has 2 atom stereocenters. The first kappa shape index (κ1) is 63.8. The van der Waals surface area contributed by atoms with Crippen LogP contribution in [-0.4, -0.2) is 161 Å². The van der Waals surface area contributed by atoms with Crippen molar-refractivity contribution in [1.82, 2.24) is 24.9 Å². The topological polar surface area (TPSA) is 223 Å². The summed E-state index contributed by atoms with van der Waals surface area (Å²) >= 11 is 0. The summed E-state index contributed by atoms with van der Waals surface area (Å²) in [5.41, 5.74) is 6.35. The molecule has 0 spiro atoms. The molecule has 0 saturated carbocycles. The van der Waals surface area contributed by atoms with E-state index >= 15 is 0 Å². The Morgan fingerprint density at radius 2 is 1.10 bits per heavy atom. The maximum Gasteiger partial charge on any atom is 0.482 e. The highest BCUT2D eigenvalue weighted by Crippen LogP contribution is 2.43. The van der Waals surface area contributed by atoms with Crippen molar-refractivity contribution in [2.45, 2.75) is 163 Å². The SMILES string of the molecule is Cc1cc2c(cc1C(=O)N(C(C)C)[C@@H]1CCCN(C(=O)OC(C)(C)C)C1)N(CCN)C(=O)C(F)(F)O2.Cc1cc2c(cc1C(=O)N(C(C)C)[C@@H]1CCCN(C(=O)OC(C)(C)C)C1)N(CCNC(=O)OCc1ccccc1)C(=O)C(F)(F)O2. The summed E-state index contributed by atoms with van der Waals surface area (Å²) in [6.07, 6.45) is -7.12. The lowest BCUT2D eigenvalue weighted by Gasteiger charge is -2.42. The standard InChI is InChI=1S/C33H42F2N4O7.C25H36F2N4O5/c1-21(2)39(24-13-10-15-37(19-24)31(43)46-32(4,5)6)28(40)25-18-26-27(17-22(25)3)45-33(34,35)29(41)38(26)16-14-36-30(42)44-20-23-11-8-7-9-12-23;1-15(2)31(17-8-7-10-29(14-17)23(34)36-24(4,5)6)21(32)18-13-19-20(12-16(18)3)35-25(26,27)22(33)30(19)11-9-28/h7-9,11-12,17-18,21,24H,10,13-16,19-20H2,1-6H3,(H,36,42);12-13,15,17H,7-11,14,28H2,1-6H3/t24-;17-/m11/s1. The smallest absolute Gasteiger partial charge is 0.445 e. The van der Waals surface area contributed by atoms with E-state index in [4.69, 9.17) is 24.7 Å². The van der Waals surface area contributed by atoms with Gasteiger partial charge >= 0.3 is 42.3 Å². The fraction of sp³-hybridized carbons (Fsp3) is 0.569.